The van der Waals surface area contributed by atoms with E-state index in [-0.39, 0.29) is 30.1 Å². The molecule has 1 aliphatic carbocycles. The smallest absolute Gasteiger partial charge is 0.357 e. The number of thiazole rings is 1. The Labute approximate surface area is 192 Å². The maximum atomic E-state index is 13.9. The van der Waals surface area contributed by atoms with Crippen molar-refractivity contribution in [1.82, 2.24) is 14.5 Å². The number of hydrogen-bond donors (Lipinski definition) is 2. The number of rotatable bonds is 4. The van der Waals surface area contributed by atoms with Crippen molar-refractivity contribution in [2.45, 2.75) is 69.9 Å². The first-order valence-corrected chi connectivity index (χ1v) is 11.8. The van der Waals surface area contributed by atoms with Gasteiger partial charge in [-0.2, -0.15) is 0 Å². The monoisotopic (exact) mass is 474 g/mol. The normalized spacial score (nSPS) is 19.5. The molecular formula is C23H24F2N4O3S. The van der Waals surface area contributed by atoms with Crippen LogP contribution in [0.5, 0.6) is 0 Å². The number of benzene rings is 1. The molecular weight excluding hydrogens is 450 g/mol. The lowest BCUT2D eigenvalue weighted by Crippen LogP contribution is -2.37. The van der Waals surface area contributed by atoms with E-state index in [2.05, 4.69) is 10.3 Å². The lowest BCUT2D eigenvalue weighted by atomic mass is 9.71. The SMILES string of the molecule is Cc1cc([C@@H](C)Nc2scnc2C(=O)O)c2nc3n(c(=O)c2c1)CCC31CCC(F)(F)CC1. The van der Waals surface area contributed by atoms with Crippen LogP contribution in [0.25, 0.3) is 10.9 Å². The van der Waals surface area contributed by atoms with Crippen molar-refractivity contribution in [2.24, 2.45) is 0 Å². The standard InChI is InChI=1S/C23H24F2N4O3S/c1-12-9-14(13(2)27-18-17(20(31)32)26-11-33-18)16-15(10-12)19(30)29-8-7-22(21(29)28-16)3-5-23(24,25)6-4-22/h9-11,13,27H,3-8H2,1-2H3,(H,31,32)/t13-/m1/s1. The molecule has 0 unspecified atom stereocenters. The highest BCUT2D eigenvalue weighted by molar-refractivity contribution is 7.14. The molecule has 5 rings (SSSR count). The average molecular weight is 475 g/mol. The first kappa shape index (κ1) is 21.9. The largest absolute Gasteiger partial charge is 0.476 e. The highest BCUT2D eigenvalue weighted by Gasteiger charge is 2.49. The molecule has 33 heavy (non-hydrogen) atoms. The van der Waals surface area contributed by atoms with Crippen molar-refractivity contribution in [3.63, 3.8) is 0 Å². The van der Waals surface area contributed by atoms with E-state index in [0.717, 1.165) is 11.1 Å². The number of fused-ring (bicyclic) bond motifs is 3. The van der Waals surface area contributed by atoms with Crippen molar-refractivity contribution < 1.29 is 18.7 Å². The molecule has 2 N–H and O–H groups in total. The van der Waals surface area contributed by atoms with E-state index in [1.807, 2.05) is 26.0 Å². The van der Waals surface area contributed by atoms with Crippen LogP contribution in [-0.4, -0.2) is 31.5 Å². The summed E-state index contributed by atoms with van der Waals surface area (Å²) in [6.07, 6.45) is 0.893. The molecule has 1 saturated carbocycles. The van der Waals surface area contributed by atoms with E-state index in [0.29, 0.717) is 47.5 Å². The third kappa shape index (κ3) is 3.60. The summed E-state index contributed by atoms with van der Waals surface area (Å²) < 4.78 is 29.4. The Morgan fingerprint density at radius 3 is 2.67 bits per heavy atom. The van der Waals surface area contributed by atoms with Crippen molar-refractivity contribution in [1.29, 1.82) is 0 Å². The molecule has 3 heterocycles. The summed E-state index contributed by atoms with van der Waals surface area (Å²) in [6, 6.07) is 3.39. The highest BCUT2D eigenvalue weighted by atomic mass is 32.1. The number of anilines is 1. The summed E-state index contributed by atoms with van der Waals surface area (Å²) in [5, 5.41) is 13.5. The molecule has 1 spiro atoms. The summed E-state index contributed by atoms with van der Waals surface area (Å²) in [6.45, 7) is 4.26. The van der Waals surface area contributed by atoms with E-state index in [1.54, 1.807) is 4.57 Å². The molecule has 1 aromatic carbocycles. The Kier molecular flexibility index (Phi) is 5.04. The first-order chi connectivity index (χ1) is 15.6. The Balaban J connectivity index is 1.62. The fourth-order valence-corrected chi connectivity index (χ4v) is 5.99. The second-order valence-electron chi connectivity index (χ2n) is 9.23. The van der Waals surface area contributed by atoms with Crippen LogP contribution in [-0.2, 0) is 12.0 Å². The van der Waals surface area contributed by atoms with Gasteiger partial charge in [-0.15, -0.1) is 11.3 Å². The number of hydrogen-bond acceptors (Lipinski definition) is 6. The van der Waals surface area contributed by atoms with Gasteiger partial charge in [-0.25, -0.2) is 23.5 Å². The van der Waals surface area contributed by atoms with E-state index in [9.17, 15) is 23.5 Å². The maximum absolute atomic E-state index is 13.9. The van der Waals surface area contributed by atoms with Gasteiger partial charge in [0.25, 0.3) is 5.56 Å². The van der Waals surface area contributed by atoms with Gasteiger partial charge in [0.1, 0.15) is 10.8 Å². The summed E-state index contributed by atoms with van der Waals surface area (Å²) in [4.78, 5) is 33.7. The van der Waals surface area contributed by atoms with E-state index >= 15 is 0 Å². The molecule has 3 aromatic rings. The molecule has 1 fully saturated rings. The van der Waals surface area contributed by atoms with Crippen molar-refractivity contribution >= 4 is 33.2 Å². The van der Waals surface area contributed by atoms with Crippen molar-refractivity contribution in [2.75, 3.05) is 5.32 Å². The first-order valence-electron chi connectivity index (χ1n) is 11.0. The number of carboxylic acid groups (broad SMARTS) is 1. The molecule has 0 amide bonds. The van der Waals surface area contributed by atoms with Crippen molar-refractivity contribution in [3.05, 3.63) is 50.6 Å². The predicted octanol–water partition coefficient (Wildman–Crippen LogP) is 4.88. The van der Waals surface area contributed by atoms with Gasteiger partial charge in [0.05, 0.1) is 22.5 Å². The lowest BCUT2D eigenvalue weighted by Gasteiger charge is -2.36. The van der Waals surface area contributed by atoms with Gasteiger partial charge in [0, 0.05) is 30.4 Å². The van der Waals surface area contributed by atoms with Gasteiger partial charge in [0.2, 0.25) is 5.92 Å². The van der Waals surface area contributed by atoms with Crippen LogP contribution < -0.4 is 10.9 Å². The molecule has 2 aliphatic rings. The number of nitrogens with one attached hydrogen (secondary N) is 1. The number of aromatic carboxylic acids is 1. The molecule has 10 heteroatoms. The number of halogens is 2. The van der Waals surface area contributed by atoms with Gasteiger partial charge in [0.15, 0.2) is 5.69 Å². The van der Waals surface area contributed by atoms with E-state index in [1.165, 1.54) is 16.8 Å². The van der Waals surface area contributed by atoms with Gasteiger partial charge < -0.3 is 10.4 Å². The van der Waals surface area contributed by atoms with Crippen LogP contribution in [0.15, 0.2) is 22.4 Å². The summed E-state index contributed by atoms with van der Waals surface area (Å²) in [5.74, 6) is -3.17. The molecule has 2 aromatic heterocycles. The maximum Gasteiger partial charge on any atom is 0.357 e. The molecule has 0 bridgehead atoms. The van der Waals surface area contributed by atoms with Crippen LogP contribution in [0.3, 0.4) is 0 Å². The molecule has 174 valence electrons. The third-order valence-electron chi connectivity index (χ3n) is 7.04. The number of carbonyl (C=O) groups is 1. The number of alkyl halides is 2. The second-order valence-corrected chi connectivity index (χ2v) is 10.1. The van der Waals surface area contributed by atoms with Gasteiger partial charge in [-0.1, -0.05) is 6.07 Å². The number of carboxylic acids is 1. The van der Waals surface area contributed by atoms with Crippen LogP contribution in [0, 0.1) is 6.92 Å². The van der Waals surface area contributed by atoms with Crippen LogP contribution >= 0.6 is 11.3 Å². The van der Waals surface area contributed by atoms with Crippen molar-refractivity contribution in [3.8, 4) is 0 Å². The van der Waals surface area contributed by atoms with Crippen LogP contribution in [0.1, 0.15) is 72.5 Å². The second kappa shape index (κ2) is 7.58. The van der Waals surface area contributed by atoms with E-state index in [4.69, 9.17) is 4.98 Å². The summed E-state index contributed by atoms with van der Waals surface area (Å²) in [7, 11) is 0. The Morgan fingerprint density at radius 1 is 1.24 bits per heavy atom. The number of aromatic nitrogens is 3. The molecule has 1 atom stereocenters. The molecule has 7 nitrogen and oxygen atoms in total. The van der Waals surface area contributed by atoms with E-state index < -0.39 is 17.3 Å². The zero-order valence-corrected chi connectivity index (χ0v) is 19.1. The van der Waals surface area contributed by atoms with Gasteiger partial charge >= 0.3 is 5.97 Å². The minimum absolute atomic E-state index is 0.0557. The zero-order chi connectivity index (χ0) is 23.5. The van der Waals surface area contributed by atoms with Crippen LogP contribution in [0.2, 0.25) is 0 Å². The fraction of sp³-hybridized carbons (Fsp3) is 0.478. The topological polar surface area (TPSA) is 97.1 Å². The third-order valence-corrected chi connectivity index (χ3v) is 7.80. The number of nitrogens with zero attached hydrogens (tertiary/aromatic N) is 3. The molecule has 1 aliphatic heterocycles. The Hall–Kier alpha value is -2.88. The van der Waals surface area contributed by atoms with Gasteiger partial charge in [-0.3, -0.25) is 9.36 Å². The van der Waals surface area contributed by atoms with Crippen LogP contribution in [0.4, 0.5) is 13.8 Å². The lowest BCUT2D eigenvalue weighted by molar-refractivity contribution is -0.0523. The summed E-state index contributed by atoms with van der Waals surface area (Å²) in [5.41, 5.74) is 2.95. The molecule has 0 radical (unpaired) electrons. The minimum atomic E-state index is -2.66. The summed E-state index contributed by atoms with van der Waals surface area (Å²) >= 11 is 1.19. The average Bonchev–Trinajstić information content (AvgIpc) is 3.36. The fourth-order valence-electron chi connectivity index (χ4n) is 5.23. The predicted molar refractivity (Wildman–Crippen MR) is 122 cm³/mol. The minimum Gasteiger partial charge on any atom is -0.476 e. The quantitative estimate of drug-likeness (QED) is 0.559. The molecule has 0 saturated heterocycles. The Bertz CT molecular complexity index is 1320. The van der Waals surface area contributed by atoms with Gasteiger partial charge in [-0.05, 0) is 44.7 Å². The number of aryl methyl sites for hydroxylation is 1. The Morgan fingerprint density at radius 2 is 1.97 bits per heavy atom. The zero-order valence-electron chi connectivity index (χ0n) is 18.3. The highest BCUT2D eigenvalue weighted by Crippen LogP contribution is 2.49.